The van der Waals surface area contributed by atoms with E-state index in [9.17, 15) is 4.79 Å². The molecular formula is C17H21NO2S. The Morgan fingerprint density at radius 2 is 2.05 bits per heavy atom. The highest BCUT2D eigenvalue weighted by Gasteiger charge is 2.17. The molecule has 0 aliphatic rings. The molecule has 0 N–H and O–H groups in total. The van der Waals surface area contributed by atoms with Gasteiger partial charge in [-0.2, -0.15) is 0 Å². The number of aromatic nitrogens is 1. The normalized spacial score (nSPS) is 11.0. The highest BCUT2D eigenvalue weighted by atomic mass is 32.1. The molecule has 0 spiro atoms. The van der Waals surface area contributed by atoms with Crippen LogP contribution < -0.4 is 4.74 Å². The summed E-state index contributed by atoms with van der Waals surface area (Å²) >= 11 is 1.44. The average molecular weight is 303 g/mol. The molecule has 1 heterocycles. The van der Waals surface area contributed by atoms with Gasteiger partial charge in [0, 0.05) is 6.92 Å². The van der Waals surface area contributed by atoms with Gasteiger partial charge in [0.25, 0.3) is 0 Å². The second-order valence-corrected chi connectivity index (χ2v) is 6.67. The van der Waals surface area contributed by atoms with Crippen molar-refractivity contribution in [3.8, 4) is 5.75 Å². The van der Waals surface area contributed by atoms with Crippen molar-refractivity contribution >= 4 is 17.1 Å². The Morgan fingerprint density at radius 3 is 2.57 bits per heavy atom. The maximum atomic E-state index is 11.7. The van der Waals surface area contributed by atoms with Gasteiger partial charge in [-0.05, 0) is 31.4 Å². The van der Waals surface area contributed by atoms with E-state index >= 15 is 0 Å². The molecule has 1 aromatic carbocycles. The zero-order valence-electron chi connectivity index (χ0n) is 13.2. The van der Waals surface area contributed by atoms with Crippen LogP contribution in [0.3, 0.4) is 0 Å². The molecule has 3 nitrogen and oxygen atoms in total. The maximum Gasteiger partial charge on any atom is 0.171 e. The lowest BCUT2D eigenvalue weighted by Gasteiger charge is -2.08. The van der Waals surface area contributed by atoms with E-state index in [-0.39, 0.29) is 11.7 Å². The topological polar surface area (TPSA) is 39.2 Å². The number of carbonyl (C=O) groups excluding carboxylic acids is 1. The molecule has 0 bridgehead atoms. The number of carbonyl (C=O) groups is 1. The Balaban J connectivity index is 2.17. The Kier molecular flexibility index (Phi) is 4.78. The first-order valence-corrected chi connectivity index (χ1v) is 7.90. The molecule has 112 valence electrons. The number of aryl methyl sites for hydroxylation is 2. The third-order valence-electron chi connectivity index (χ3n) is 3.25. The van der Waals surface area contributed by atoms with Gasteiger partial charge in [-0.25, -0.2) is 4.98 Å². The molecule has 0 saturated carbocycles. The summed E-state index contributed by atoms with van der Waals surface area (Å²) < 4.78 is 5.84. The van der Waals surface area contributed by atoms with Gasteiger partial charge in [-0.15, -0.1) is 11.3 Å². The van der Waals surface area contributed by atoms with Gasteiger partial charge in [0.15, 0.2) is 5.78 Å². The predicted octanol–water partition coefficient (Wildman–Crippen LogP) is 4.66. The van der Waals surface area contributed by atoms with Crippen molar-refractivity contribution in [1.29, 1.82) is 0 Å². The van der Waals surface area contributed by atoms with E-state index in [0.29, 0.717) is 6.61 Å². The first-order chi connectivity index (χ1) is 9.88. The molecule has 0 saturated heterocycles. The van der Waals surface area contributed by atoms with Crippen LogP contribution >= 0.6 is 11.3 Å². The van der Waals surface area contributed by atoms with Crippen molar-refractivity contribution < 1.29 is 9.53 Å². The number of ketones is 1. The highest BCUT2D eigenvalue weighted by Crippen LogP contribution is 2.27. The van der Waals surface area contributed by atoms with Gasteiger partial charge in [-0.3, -0.25) is 4.79 Å². The minimum Gasteiger partial charge on any atom is -0.486 e. The molecule has 0 aliphatic carbocycles. The average Bonchev–Trinajstić information content (AvgIpc) is 2.82. The summed E-state index contributed by atoms with van der Waals surface area (Å²) in [5, 5.41) is 0.851. The molecule has 1 aromatic heterocycles. The second-order valence-electron chi connectivity index (χ2n) is 5.59. The number of rotatable bonds is 5. The molecular weight excluding hydrogens is 282 g/mol. The number of benzene rings is 1. The fourth-order valence-electron chi connectivity index (χ4n) is 2.18. The number of thiazole rings is 1. The number of hydrogen-bond donors (Lipinski definition) is 0. The number of ether oxygens (including phenoxy) is 1. The number of Topliss-reactive ketones (excluding diaryl/α,β-unsaturated/α-hetero) is 1. The number of hydrogen-bond acceptors (Lipinski definition) is 4. The largest absolute Gasteiger partial charge is 0.486 e. The fraction of sp³-hybridized carbons (Fsp3) is 0.412. The minimum absolute atomic E-state index is 0.0777. The van der Waals surface area contributed by atoms with Crippen LogP contribution in [0.25, 0.3) is 0 Å². The van der Waals surface area contributed by atoms with E-state index in [0.717, 1.165) is 26.9 Å². The monoisotopic (exact) mass is 303 g/mol. The van der Waals surface area contributed by atoms with Crippen LogP contribution in [0.4, 0.5) is 0 Å². The summed E-state index contributed by atoms with van der Waals surface area (Å²) in [4.78, 5) is 17.0. The van der Waals surface area contributed by atoms with Crippen LogP contribution in [0.1, 0.15) is 58.2 Å². The van der Waals surface area contributed by atoms with Gasteiger partial charge in [0.05, 0.1) is 10.6 Å². The van der Waals surface area contributed by atoms with Gasteiger partial charge in [0.1, 0.15) is 17.4 Å². The van der Waals surface area contributed by atoms with Crippen LogP contribution in [0, 0.1) is 13.8 Å². The first kappa shape index (κ1) is 15.7. The Labute approximate surface area is 130 Å². The van der Waals surface area contributed by atoms with E-state index in [1.165, 1.54) is 16.9 Å². The van der Waals surface area contributed by atoms with Crippen LogP contribution in [-0.2, 0) is 6.61 Å². The molecule has 0 aliphatic heterocycles. The summed E-state index contributed by atoms with van der Waals surface area (Å²) in [6.07, 6.45) is 0. The summed E-state index contributed by atoms with van der Waals surface area (Å²) in [6.45, 7) is 10.2. The van der Waals surface area contributed by atoms with E-state index < -0.39 is 0 Å². The van der Waals surface area contributed by atoms with E-state index in [4.69, 9.17) is 4.74 Å². The molecule has 0 fully saturated rings. The van der Waals surface area contributed by atoms with Crippen molar-refractivity contribution in [1.82, 2.24) is 4.98 Å². The molecule has 0 atom stereocenters. The van der Waals surface area contributed by atoms with Crippen molar-refractivity contribution in [2.24, 2.45) is 0 Å². The Morgan fingerprint density at radius 1 is 1.33 bits per heavy atom. The lowest BCUT2D eigenvalue weighted by atomic mass is 10.1. The highest BCUT2D eigenvalue weighted by molar-refractivity contribution is 7.13. The quantitative estimate of drug-likeness (QED) is 0.754. The minimum atomic E-state index is 0.0777. The first-order valence-electron chi connectivity index (χ1n) is 7.09. The lowest BCUT2D eigenvalue weighted by molar-refractivity contribution is 0.102. The molecule has 21 heavy (non-hydrogen) atoms. The van der Waals surface area contributed by atoms with Gasteiger partial charge < -0.3 is 4.74 Å². The van der Waals surface area contributed by atoms with Crippen molar-refractivity contribution in [3.05, 3.63) is 44.9 Å². The molecule has 2 rings (SSSR count). The molecule has 0 amide bonds. The third kappa shape index (κ3) is 3.70. The Bertz CT molecular complexity index is 659. The van der Waals surface area contributed by atoms with Gasteiger partial charge in [0.2, 0.25) is 0 Å². The van der Waals surface area contributed by atoms with E-state index in [1.807, 2.05) is 19.1 Å². The maximum absolute atomic E-state index is 11.7. The third-order valence-corrected chi connectivity index (χ3v) is 4.39. The van der Waals surface area contributed by atoms with Gasteiger partial charge in [-0.1, -0.05) is 31.5 Å². The molecule has 0 radical (unpaired) electrons. The van der Waals surface area contributed by atoms with E-state index in [2.05, 4.69) is 31.8 Å². The Hall–Kier alpha value is -1.68. The lowest BCUT2D eigenvalue weighted by Crippen LogP contribution is -1.99. The van der Waals surface area contributed by atoms with Crippen LogP contribution in [0.5, 0.6) is 5.75 Å². The smallest absolute Gasteiger partial charge is 0.171 e. The van der Waals surface area contributed by atoms with Crippen molar-refractivity contribution in [2.75, 3.05) is 0 Å². The zero-order valence-corrected chi connectivity index (χ0v) is 14.0. The second kappa shape index (κ2) is 6.39. The summed E-state index contributed by atoms with van der Waals surface area (Å²) in [5.74, 6) is 1.19. The van der Waals surface area contributed by atoms with Crippen LogP contribution in [0.15, 0.2) is 18.2 Å². The fourth-order valence-corrected chi connectivity index (χ4v) is 3.21. The van der Waals surface area contributed by atoms with Crippen LogP contribution in [0.2, 0.25) is 0 Å². The van der Waals surface area contributed by atoms with E-state index in [1.54, 1.807) is 6.92 Å². The van der Waals surface area contributed by atoms with Crippen molar-refractivity contribution in [3.63, 3.8) is 0 Å². The SMILES string of the molecule is CC(=O)c1sc(COc2ccc(C)cc2C)nc1C(C)C. The number of nitrogens with zero attached hydrogens (tertiary/aromatic N) is 1. The van der Waals surface area contributed by atoms with Gasteiger partial charge >= 0.3 is 0 Å². The standard InChI is InChI=1S/C17H21NO2S/c1-10(2)16-17(13(5)19)21-15(18-16)9-20-14-7-6-11(3)8-12(14)4/h6-8,10H,9H2,1-5H3. The molecule has 2 aromatic rings. The summed E-state index contributed by atoms with van der Waals surface area (Å²) in [7, 11) is 0. The van der Waals surface area contributed by atoms with Crippen molar-refractivity contribution in [2.45, 2.75) is 47.1 Å². The zero-order chi connectivity index (χ0) is 15.6. The molecule has 4 heteroatoms. The molecule has 0 unspecified atom stereocenters. The predicted molar refractivity (Wildman–Crippen MR) is 86.5 cm³/mol. The van der Waals surface area contributed by atoms with Crippen LogP contribution in [-0.4, -0.2) is 10.8 Å². The summed E-state index contributed by atoms with van der Waals surface area (Å²) in [5.41, 5.74) is 3.21. The summed E-state index contributed by atoms with van der Waals surface area (Å²) in [6, 6.07) is 6.11.